The van der Waals surface area contributed by atoms with Gasteiger partial charge in [0.2, 0.25) is 5.78 Å². The number of hydrogen-bond donors (Lipinski definition) is 1. The average Bonchev–Trinajstić information content (AvgIpc) is 2.82. The van der Waals surface area contributed by atoms with E-state index in [1.807, 2.05) is 36.9 Å². The summed E-state index contributed by atoms with van der Waals surface area (Å²) in [6.45, 7) is 2.49. The van der Waals surface area contributed by atoms with Crippen molar-refractivity contribution in [3.63, 3.8) is 0 Å². The summed E-state index contributed by atoms with van der Waals surface area (Å²) in [4.78, 5) is 4.63. The van der Waals surface area contributed by atoms with Crippen LogP contribution in [0.2, 0.25) is 5.02 Å². The van der Waals surface area contributed by atoms with Crippen LogP contribution in [0.1, 0.15) is 11.3 Å². The molecule has 0 saturated carbocycles. The van der Waals surface area contributed by atoms with E-state index in [1.165, 1.54) is 0 Å². The van der Waals surface area contributed by atoms with Crippen LogP contribution in [-0.4, -0.2) is 14.0 Å². The number of nitrogens with two attached hydrogens (primary N) is 1. The Morgan fingerprint density at radius 1 is 1.41 bits per heavy atom. The number of imidazole rings is 2. The Morgan fingerprint density at radius 2 is 2.18 bits per heavy atom. The Hall–Kier alpha value is -1.52. The van der Waals surface area contributed by atoms with Gasteiger partial charge in [0.15, 0.2) is 0 Å². The fraction of sp³-hybridized carbons (Fsp3) is 0.250. The van der Waals surface area contributed by atoms with Gasteiger partial charge < -0.3 is 10.3 Å². The lowest BCUT2D eigenvalue weighted by molar-refractivity contribution is 0.840. The number of halogens is 1. The molecule has 2 aromatic heterocycles. The summed E-state index contributed by atoms with van der Waals surface area (Å²) in [6, 6.07) is 3.90. The van der Waals surface area contributed by atoms with Gasteiger partial charge in [-0.1, -0.05) is 11.6 Å². The molecule has 0 aliphatic rings. The van der Waals surface area contributed by atoms with Crippen LogP contribution < -0.4 is 5.73 Å². The number of rotatable bonds is 1. The van der Waals surface area contributed by atoms with E-state index in [9.17, 15) is 0 Å². The van der Waals surface area contributed by atoms with Crippen LogP contribution in [0.15, 0.2) is 18.3 Å². The molecule has 0 aliphatic carbocycles. The van der Waals surface area contributed by atoms with Gasteiger partial charge in [-0.05, 0) is 24.6 Å². The summed E-state index contributed by atoms with van der Waals surface area (Å²) in [5.41, 5.74) is 9.78. The maximum Gasteiger partial charge on any atom is 0.214 e. The summed E-state index contributed by atoms with van der Waals surface area (Å²) in [6.07, 6.45) is 2.03. The number of hydrogen-bond acceptors (Lipinski definition) is 2. The molecular weight excluding hydrogens is 236 g/mol. The highest BCUT2D eigenvalue weighted by Crippen LogP contribution is 2.26. The van der Waals surface area contributed by atoms with Crippen molar-refractivity contribution in [2.24, 2.45) is 12.8 Å². The summed E-state index contributed by atoms with van der Waals surface area (Å²) in [7, 11) is 1.97. The molecule has 4 nitrogen and oxygen atoms in total. The zero-order valence-electron chi connectivity index (χ0n) is 9.74. The quantitative estimate of drug-likeness (QED) is 0.718. The lowest BCUT2D eigenvalue weighted by atomic mass is 10.2. The van der Waals surface area contributed by atoms with E-state index < -0.39 is 0 Å². The van der Waals surface area contributed by atoms with Gasteiger partial charge in [-0.2, -0.15) is 0 Å². The highest BCUT2D eigenvalue weighted by Gasteiger charge is 2.13. The molecule has 88 valence electrons. The fourth-order valence-corrected chi connectivity index (χ4v) is 2.33. The van der Waals surface area contributed by atoms with Crippen molar-refractivity contribution >= 4 is 28.4 Å². The van der Waals surface area contributed by atoms with Crippen LogP contribution in [0.4, 0.5) is 0 Å². The molecule has 0 aliphatic heterocycles. The summed E-state index contributed by atoms with van der Waals surface area (Å²) in [5, 5.41) is 0.750. The second kappa shape index (κ2) is 3.48. The molecular formula is C12H13ClN4. The molecule has 0 unspecified atom stereocenters. The first kappa shape index (κ1) is 10.6. The van der Waals surface area contributed by atoms with Gasteiger partial charge in [0.1, 0.15) is 0 Å². The number of benzene rings is 1. The zero-order chi connectivity index (χ0) is 12.2. The van der Waals surface area contributed by atoms with E-state index in [-0.39, 0.29) is 0 Å². The Balaban J connectivity index is 2.49. The van der Waals surface area contributed by atoms with Crippen molar-refractivity contribution in [3.8, 4) is 0 Å². The normalized spacial score (nSPS) is 11.8. The van der Waals surface area contributed by atoms with Crippen LogP contribution in [0.25, 0.3) is 16.8 Å². The molecule has 0 amide bonds. The fourth-order valence-electron chi connectivity index (χ4n) is 2.18. The monoisotopic (exact) mass is 248 g/mol. The Bertz CT molecular complexity index is 723. The van der Waals surface area contributed by atoms with Gasteiger partial charge in [0.05, 0.1) is 16.7 Å². The highest BCUT2D eigenvalue weighted by atomic mass is 35.5. The molecule has 17 heavy (non-hydrogen) atoms. The molecule has 2 N–H and O–H groups in total. The van der Waals surface area contributed by atoms with Crippen molar-refractivity contribution in [2.75, 3.05) is 0 Å². The van der Waals surface area contributed by atoms with Gasteiger partial charge in [-0.3, -0.25) is 4.40 Å². The van der Waals surface area contributed by atoms with Gasteiger partial charge in [0, 0.05) is 24.8 Å². The minimum atomic E-state index is 0.508. The molecule has 0 fully saturated rings. The lowest BCUT2D eigenvalue weighted by Crippen LogP contribution is -2.03. The van der Waals surface area contributed by atoms with Crippen molar-refractivity contribution in [2.45, 2.75) is 13.5 Å². The van der Waals surface area contributed by atoms with Crippen LogP contribution in [-0.2, 0) is 13.6 Å². The molecule has 3 aromatic rings. The zero-order valence-corrected chi connectivity index (χ0v) is 10.5. The summed E-state index contributed by atoms with van der Waals surface area (Å²) in [5.74, 6) is 0.894. The van der Waals surface area contributed by atoms with Crippen molar-refractivity contribution in [1.82, 2.24) is 14.0 Å². The first-order valence-corrected chi connectivity index (χ1v) is 5.83. The second-order valence-corrected chi connectivity index (χ2v) is 4.61. The Morgan fingerprint density at radius 3 is 2.88 bits per heavy atom. The van der Waals surface area contributed by atoms with Crippen LogP contribution in [0, 0.1) is 6.92 Å². The maximum absolute atomic E-state index is 6.10. The molecule has 2 heterocycles. The van der Waals surface area contributed by atoms with Crippen LogP contribution in [0.3, 0.4) is 0 Å². The van der Waals surface area contributed by atoms with Gasteiger partial charge in [-0.25, -0.2) is 4.98 Å². The molecule has 0 atom stereocenters. The number of aromatic nitrogens is 3. The summed E-state index contributed by atoms with van der Waals surface area (Å²) < 4.78 is 4.06. The number of aryl methyl sites for hydroxylation is 2. The number of nitrogens with zero attached hydrogens (tertiary/aromatic N) is 3. The molecule has 0 saturated heterocycles. The molecule has 0 bridgehead atoms. The van der Waals surface area contributed by atoms with Crippen molar-refractivity contribution in [3.05, 3.63) is 34.6 Å². The first-order valence-electron chi connectivity index (χ1n) is 5.45. The molecule has 5 heteroatoms. The van der Waals surface area contributed by atoms with E-state index in [4.69, 9.17) is 17.3 Å². The van der Waals surface area contributed by atoms with Crippen LogP contribution in [0.5, 0.6) is 0 Å². The minimum Gasteiger partial charge on any atom is -0.325 e. The van der Waals surface area contributed by atoms with E-state index in [0.29, 0.717) is 6.54 Å². The second-order valence-electron chi connectivity index (χ2n) is 4.21. The summed E-state index contributed by atoms with van der Waals surface area (Å²) >= 11 is 6.10. The first-order chi connectivity index (χ1) is 8.13. The van der Waals surface area contributed by atoms with E-state index in [0.717, 1.165) is 33.1 Å². The predicted molar refractivity (Wildman–Crippen MR) is 69.3 cm³/mol. The minimum absolute atomic E-state index is 0.508. The smallest absolute Gasteiger partial charge is 0.214 e. The molecule has 3 rings (SSSR count). The predicted octanol–water partition coefficient (Wildman–Crippen LogP) is 2.25. The topological polar surface area (TPSA) is 48.2 Å². The highest BCUT2D eigenvalue weighted by molar-refractivity contribution is 6.32. The van der Waals surface area contributed by atoms with Crippen LogP contribution >= 0.6 is 11.6 Å². The maximum atomic E-state index is 6.10. The van der Waals surface area contributed by atoms with Gasteiger partial charge in [-0.15, -0.1) is 0 Å². The number of fused-ring (bicyclic) bond motifs is 3. The van der Waals surface area contributed by atoms with E-state index >= 15 is 0 Å². The van der Waals surface area contributed by atoms with Crippen molar-refractivity contribution in [1.29, 1.82) is 0 Å². The third kappa shape index (κ3) is 1.31. The molecule has 0 spiro atoms. The third-order valence-electron chi connectivity index (χ3n) is 3.25. The van der Waals surface area contributed by atoms with Gasteiger partial charge >= 0.3 is 0 Å². The standard InChI is InChI=1S/C12H13ClN4/c1-7-9(13)3-4-10-11(7)15-12-16(2)8(5-14)6-17(10)12/h3-4,6H,5,14H2,1-2H3. The Labute approximate surface area is 104 Å². The lowest BCUT2D eigenvalue weighted by Gasteiger charge is -1.98. The third-order valence-corrected chi connectivity index (χ3v) is 3.66. The van der Waals surface area contributed by atoms with Crippen molar-refractivity contribution < 1.29 is 0 Å². The van der Waals surface area contributed by atoms with E-state index in [2.05, 4.69) is 9.38 Å². The molecule has 1 aromatic carbocycles. The SMILES string of the molecule is Cc1c(Cl)ccc2c1nc1n(C)c(CN)cn21. The Kier molecular flexibility index (Phi) is 2.18. The van der Waals surface area contributed by atoms with Gasteiger partial charge in [0.25, 0.3) is 0 Å². The van der Waals surface area contributed by atoms with E-state index in [1.54, 1.807) is 0 Å². The average molecular weight is 249 g/mol. The molecule has 0 radical (unpaired) electrons. The largest absolute Gasteiger partial charge is 0.325 e.